The number of rotatable bonds is 4. The molecule has 0 saturated carbocycles. The molecule has 2 rings (SSSR count). The van der Waals surface area contributed by atoms with Crippen LogP contribution in [0.15, 0.2) is 48.5 Å². The minimum atomic E-state index is -0.202. The highest BCUT2D eigenvalue weighted by Gasteiger charge is 2.05. The third-order valence-electron chi connectivity index (χ3n) is 2.85. The lowest BCUT2D eigenvalue weighted by atomic mass is 10.1. The Morgan fingerprint density at radius 1 is 1.10 bits per heavy atom. The number of carbonyl (C=O) groups is 2. The molecular weight excluding hydrogens is 252 g/mol. The maximum Gasteiger partial charge on any atom is 0.251 e. The first-order chi connectivity index (χ1) is 9.72. The first-order valence-corrected chi connectivity index (χ1v) is 6.05. The van der Waals surface area contributed by atoms with E-state index in [4.69, 9.17) is 5.26 Å². The molecule has 0 radical (unpaired) electrons. The lowest BCUT2D eigenvalue weighted by Gasteiger charge is -2.05. The van der Waals surface area contributed by atoms with Gasteiger partial charge >= 0.3 is 0 Å². The summed E-state index contributed by atoms with van der Waals surface area (Å²) in [6.07, 6.45) is 0.735. The van der Waals surface area contributed by atoms with Crippen molar-refractivity contribution in [1.82, 2.24) is 5.32 Å². The van der Waals surface area contributed by atoms with E-state index < -0.39 is 0 Å². The van der Waals surface area contributed by atoms with Crippen molar-refractivity contribution in [3.05, 3.63) is 70.8 Å². The molecule has 0 atom stereocenters. The molecule has 98 valence electrons. The van der Waals surface area contributed by atoms with Crippen LogP contribution in [0.4, 0.5) is 0 Å². The lowest BCUT2D eigenvalue weighted by molar-refractivity contribution is 0.0950. The number of nitrogens with one attached hydrogen (secondary N) is 1. The Bertz CT molecular complexity index is 652. The zero-order valence-electron chi connectivity index (χ0n) is 10.7. The number of nitrogens with zero attached hydrogens (tertiary/aromatic N) is 1. The van der Waals surface area contributed by atoms with E-state index in [1.807, 2.05) is 6.07 Å². The average Bonchev–Trinajstić information content (AvgIpc) is 2.53. The molecule has 2 aromatic rings. The highest BCUT2D eigenvalue weighted by atomic mass is 16.1. The summed E-state index contributed by atoms with van der Waals surface area (Å²) in [5.74, 6) is -0.202. The average molecular weight is 264 g/mol. The zero-order chi connectivity index (χ0) is 14.4. The van der Waals surface area contributed by atoms with Crippen molar-refractivity contribution in [3.63, 3.8) is 0 Å². The summed E-state index contributed by atoms with van der Waals surface area (Å²) in [6.45, 7) is 0.389. The molecule has 0 aromatic heterocycles. The molecule has 4 heteroatoms. The van der Waals surface area contributed by atoms with Crippen molar-refractivity contribution in [2.45, 2.75) is 6.54 Å². The number of amides is 1. The van der Waals surface area contributed by atoms with Gasteiger partial charge in [0.2, 0.25) is 0 Å². The van der Waals surface area contributed by atoms with Gasteiger partial charge in [0.25, 0.3) is 5.91 Å². The van der Waals surface area contributed by atoms with Gasteiger partial charge in [0.05, 0.1) is 11.6 Å². The second-order valence-electron chi connectivity index (χ2n) is 4.23. The monoisotopic (exact) mass is 264 g/mol. The molecule has 4 nitrogen and oxygen atoms in total. The molecule has 0 aliphatic heterocycles. The van der Waals surface area contributed by atoms with Crippen LogP contribution in [0, 0.1) is 11.3 Å². The fraction of sp³-hybridized carbons (Fsp3) is 0.0625. The van der Waals surface area contributed by atoms with Crippen LogP contribution < -0.4 is 5.32 Å². The van der Waals surface area contributed by atoms with Gasteiger partial charge in [-0.3, -0.25) is 9.59 Å². The SMILES string of the molecule is N#Cc1ccc(CNC(=O)c2ccc(C=O)cc2)cc1. The Labute approximate surface area is 116 Å². The van der Waals surface area contributed by atoms with Crippen LogP contribution in [0.2, 0.25) is 0 Å². The molecule has 0 aliphatic rings. The highest BCUT2D eigenvalue weighted by Crippen LogP contribution is 2.05. The van der Waals surface area contributed by atoms with E-state index in [1.165, 1.54) is 0 Å². The van der Waals surface area contributed by atoms with Crippen LogP contribution in [0.25, 0.3) is 0 Å². The predicted molar refractivity (Wildman–Crippen MR) is 74.2 cm³/mol. The molecular formula is C16H12N2O2. The number of hydrogen-bond acceptors (Lipinski definition) is 3. The third-order valence-corrected chi connectivity index (χ3v) is 2.85. The first-order valence-electron chi connectivity index (χ1n) is 6.05. The van der Waals surface area contributed by atoms with E-state index in [0.29, 0.717) is 23.2 Å². The van der Waals surface area contributed by atoms with Gasteiger partial charge in [-0.25, -0.2) is 0 Å². The Morgan fingerprint density at radius 3 is 2.30 bits per heavy atom. The molecule has 0 spiro atoms. The smallest absolute Gasteiger partial charge is 0.251 e. The van der Waals surface area contributed by atoms with Crippen LogP contribution in [0.3, 0.4) is 0 Å². The Hall–Kier alpha value is -2.93. The van der Waals surface area contributed by atoms with Gasteiger partial charge in [0, 0.05) is 17.7 Å². The molecule has 0 heterocycles. The van der Waals surface area contributed by atoms with Crippen molar-refractivity contribution < 1.29 is 9.59 Å². The normalized spacial score (nSPS) is 9.55. The summed E-state index contributed by atoms with van der Waals surface area (Å²) in [6, 6.07) is 15.5. The Kier molecular flexibility index (Phi) is 4.25. The number of benzene rings is 2. The predicted octanol–water partition coefficient (Wildman–Crippen LogP) is 2.30. The van der Waals surface area contributed by atoms with E-state index >= 15 is 0 Å². The maximum atomic E-state index is 11.9. The quantitative estimate of drug-likeness (QED) is 0.861. The molecule has 0 unspecified atom stereocenters. The Balaban J connectivity index is 1.97. The molecule has 0 fully saturated rings. The summed E-state index contributed by atoms with van der Waals surface area (Å²) in [7, 11) is 0. The summed E-state index contributed by atoms with van der Waals surface area (Å²) < 4.78 is 0. The number of aldehydes is 1. The fourth-order valence-electron chi connectivity index (χ4n) is 1.69. The molecule has 0 bridgehead atoms. The number of nitriles is 1. The van der Waals surface area contributed by atoms with E-state index in [9.17, 15) is 9.59 Å². The molecule has 0 saturated heterocycles. The summed E-state index contributed by atoms with van der Waals surface area (Å²) in [5, 5.41) is 11.5. The van der Waals surface area contributed by atoms with Gasteiger partial charge in [0.1, 0.15) is 6.29 Å². The van der Waals surface area contributed by atoms with Gasteiger partial charge < -0.3 is 5.32 Å². The van der Waals surface area contributed by atoms with E-state index in [-0.39, 0.29) is 5.91 Å². The van der Waals surface area contributed by atoms with E-state index in [0.717, 1.165) is 11.8 Å². The summed E-state index contributed by atoms with van der Waals surface area (Å²) in [4.78, 5) is 22.4. The van der Waals surface area contributed by atoms with Crippen molar-refractivity contribution in [3.8, 4) is 6.07 Å². The van der Waals surface area contributed by atoms with E-state index in [1.54, 1.807) is 48.5 Å². The largest absolute Gasteiger partial charge is 0.348 e. The molecule has 1 amide bonds. The van der Waals surface area contributed by atoms with Gasteiger partial charge in [-0.1, -0.05) is 24.3 Å². The topological polar surface area (TPSA) is 70.0 Å². The summed E-state index contributed by atoms with van der Waals surface area (Å²) in [5.41, 5.74) is 2.55. The molecule has 2 aromatic carbocycles. The van der Waals surface area contributed by atoms with Gasteiger partial charge in [-0.05, 0) is 29.8 Å². The third kappa shape index (κ3) is 3.30. The Morgan fingerprint density at radius 2 is 1.75 bits per heavy atom. The van der Waals surface area contributed by atoms with Crippen LogP contribution in [0.1, 0.15) is 31.8 Å². The summed E-state index contributed by atoms with van der Waals surface area (Å²) >= 11 is 0. The number of carbonyl (C=O) groups excluding carboxylic acids is 2. The van der Waals surface area contributed by atoms with E-state index in [2.05, 4.69) is 5.32 Å². The second kappa shape index (κ2) is 6.30. The van der Waals surface area contributed by atoms with Gasteiger partial charge in [-0.2, -0.15) is 5.26 Å². The lowest BCUT2D eigenvalue weighted by Crippen LogP contribution is -2.22. The minimum Gasteiger partial charge on any atom is -0.348 e. The second-order valence-corrected chi connectivity index (χ2v) is 4.23. The van der Waals surface area contributed by atoms with Gasteiger partial charge in [0.15, 0.2) is 0 Å². The standard InChI is InChI=1S/C16H12N2O2/c17-9-12-1-3-13(4-2-12)10-18-16(20)15-7-5-14(11-19)6-8-15/h1-8,11H,10H2,(H,18,20). The van der Waals surface area contributed by atoms with Crippen LogP contribution >= 0.6 is 0 Å². The van der Waals surface area contributed by atoms with Crippen molar-refractivity contribution in [2.75, 3.05) is 0 Å². The first kappa shape index (κ1) is 13.5. The van der Waals surface area contributed by atoms with Gasteiger partial charge in [-0.15, -0.1) is 0 Å². The molecule has 20 heavy (non-hydrogen) atoms. The van der Waals surface area contributed by atoms with Crippen LogP contribution in [0.5, 0.6) is 0 Å². The number of hydrogen-bond donors (Lipinski definition) is 1. The molecule has 0 aliphatic carbocycles. The van der Waals surface area contributed by atoms with Crippen LogP contribution in [-0.2, 0) is 6.54 Å². The van der Waals surface area contributed by atoms with Crippen LogP contribution in [-0.4, -0.2) is 12.2 Å². The fourth-order valence-corrected chi connectivity index (χ4v) is 1.69. The molecule has 1 N–H and O–H groups in total. The minimum absolute atomic E-state index is 0.202. The highest BCUT2D eigenvalue weighted by molar-refractivity contribution is 5.94. The van der Waals surface area contributed by atoms with Crippen molar-refractivity contribution >= 4 is 12.2 Å². The maximum absolute atomic E-state index is 11.9. The van der Waals surface area contributed by atoms with Crippen molar-refractivity contribution in [1.29, 1.82) is 5.26 Å². The zero-order valence-corrected chi connectivity index (χ0v) is 10.7. The van der Waals surface area contributed by atoms with Crippen molar-refractivity contribution in [2.24, 2.45) is 0 Å².